The van der Waals surface area contributed by atoms with Crippen molar-refractivity contribution >= 4 is 23.3 Å². The van der Waals surface area contributed by atoms with E-state index in [1.807, 2.05) is 24.4 Å². The number of guanidine groups is 1. The van der Waals surface area contributed by atoms with E-state index >= 15 is 0 Å². The van der Waals surface area contributed by atoms with Crippen molar-refractivity contribution in [2.45, 2.75) is 12.8 Å². The van der Waals surface area contributed by atoms with Crippen molar-refractivity contribution < 1.29 is 4.74 Å². The molecule has 0 aliphatic rings. The molecule has 1 aromatic heterocycles. The van der Waals surface area contributed by atoms with E-state index < -0.39 is 0 Å². The van der Waals surface area contributed by atoms with E-state index in [1.165, 1.54) is 11.1 Å². The average molecular weight is 357 g/mol. The Bertz CT molecular complexity index is 702. The first-order chi connectivity index (χ1) is 12.1. The summed E-state index contributed by atoms with van der Waals surface area (Å²) in [5, 5.41) is 3.17. The number of ether oxygens (including phenoxy) is 1. The largest absolute Gasteiger partial charge is 0.379 e. The molecule has 2 aromatic rings. The van der Waals surface area contributed by atoms with Crippen LogP contribution in [0.25, 0.3) is 0 Å². The van der Waals surface area contributed by atoms with Gasteiger partial charge in [-0.05, 0) is 41.9 Å². The van der Waals surface area contributed by atoms with Crippen LogP contribution in [0.3, 0.4) is 0 Å². The number of nitrogens with two attached hydrogens (primary N) is 2. The van der Waals surface area contributed by atoms with Gasteiger partial charge in [-0.25, -0.2) is 0 Å². The molecule has 6 nitrogen and oxygen atoms in total. The number of nitrogens with zero attached hydrogens (tertiary/aromatic N) is 2. The van der Waals surface area contributed by atoms with E-state index in [4.69, 9.17) is 28.4 Å². The number of aliphatic imine (C=N–C) groups is 1. The van der Waals surface area contributed by atoms with Gasteiger partial charge in [-0.3, -0.25) is 4.98 Å². The summed E-state index contributed by atoms with van der Waals surface area (Å²) in [5.74, 6) is -0.0518. The lowest BCUT2D eigenvalue weighted by Crippen LogP contribution is -2.30. The molecule has 2 rings (SSSR count). The summed E-state index contributed by atoms with van der Waals surface area (Å²) >= 11 is 4.93. The van der Waals surface area contributed by atoms with Gasteiger partial charge in [-0.15, -0.1) is 0 Å². The lowest BCUT2D eigenvalue weighted by atomic mass is 10.0. The highest BCUT2D eigenvalue weighted by atomic mass is 32.1. The number of benzene rings is 1. The van der Waals surface area contributed by atoms with E-state index in [0.717, 1.165) is 18.5 Å². The zero-order valence-corrected chi connectivity index (χ0v) is 14.8. The van der Waals surface area contributed by atoms with Gasteiger partial charge in [0, 0.05) is 24.9 Å². The summed E-state index contributed by atoms with van der Waals surface area (Å²) in [5.41, 5.74) is 14.0. The summed E-state index contributed by atoms with van der Waals surface area (Å²) < 4.78 is 5.61. The summed E-state index contributed by atoms with van der Waals surface area (Å²) in [6.45, 7) is 1.74. The normalized spacial score (nSPS) is 10.2. The van der Waals surface area contributed by atoms with Crippen molar-refractivity contribution in [3.05, 3.63) is 65.5 Å². The summed E-state index contributed by atoms with van der Waals surface area (Å²) in [6.07, 6.45) is 3.51. The first-order valence-electron chi connectivity index (χ1n) is 8.06. The fraction of sp³-hybridized carbons (Fsp3) is 0.278. The minimum absolute atomic E-state index is 0.0518. The molecule has 0 atom stereocenters. The average Bonchev–Trinajstić information content (AvgIpc) is 2.58. The third-order valence-electron chi connectivity index (χ3n) is 3.39. The van der Waals surface area contributed by atoms with Crippen LogP contribution < -0.4 is 16.8 Å². The van der Waals surface area contributed by atoms with Crippen molar-refractivity contribution in [2.75, 3.05) is 19.8 Å². The van der Waals surface area contributed by atoms with Gasteiger partial charge in [-0.2, -0.15) is 4.99 Å². The van der Waals surface area contributed by atoms with Crippen molar-refractivity contribution in [3.63, 3.8) is 0 Å². The monoisotopic (exact) mass is 357 g/mol. The Morgan fingerprint density at radius 3 is 2.72 bits per heavy atom. The summed E-state index contributed by atoms with van der Waals surface area (Å²) in [7, 11) is 0. The number of hydrogen-bond acceptors (Lipinski definition) is 3. The number of nitrogens with one attached hydrogen (secondary N) is 1. The van der Waals surface area contributed by atoms with Crippen LogP contribution >= 0.6 is 12.2 Å². The highest BCUT2D eigenvalue weighted by Gasteiger charge is 2.00. The molecule has 0 saturated heterocycles. The minimum Gasteiger partial charge on any atom is -0.379 e. The smallest absolute Gasteiger partial charge is 0.196 e. The Balaban J connectivity index is 1.68. The van der Waals surface area contributed by atoms with Crippen LogP contribution in [-0.2, 0) is 17.6 Å². The fourth-order valence-corrected chi connectivity index (χ4v) is 2.49. The molecular weight excluding hydrogens is 334 g/mol. The van der Waals surface area contributed by atoms with Crippen LogP contribution in [0.4, 0.5) is 0 Å². The van der Waals surface area contributed by atoms with Crippen LogP contribution in [-0.4, -0.2) is 35.8 Å². The van der Waals surface area contributed by atoms with Crippen LogP contribution in [0.15, 0.2) is 53.7 Å². The molecule has 5 N–H and O–H groups in total. The molecule has 0 unspecified atom stereocenters. The van der Waals surface area contributed by atoms with Gasteiger partial charge in [0.25, 0.3) is 0 Å². The van der Waals surface area contributed by atoms with Gasteiger partial charge in [-0.1, -0.05) is 30.3 Å². The third-order valence-corrected chi connectivity index (χ3v) is 3.63. The molecule has 1 heterocycles. The zero-order valence-electron chi connectivity index (χ0n) is 14.0. The second-order valence-electron chi connectivity index (χ2n) is 5.45. The predicted molar refractivity (Wildman–Crippen MR) is 104 cm³/mol. The van der Waals surface area contributed by atoms with Crippen molar-refractivity contribution in [1.29, 1.82) is 0 Å². The Kier molecular flexibility index (Phi) is 7.81. The molecule has 132 valence electrons. The molecule has 0 aliphatic carbocycles. The van der Waals surface area contributed by atoms with Gasteiger partial charge in [0.1, 0.15) is 0 Å². The molecule has 0 spiro atoms. The van der Waals surface area contributed by atoms with Gasteiger partial charge < -0.3 is 21.5 Å². The lowest BCUT2D eigenvalue weighted by Gasteiger charge is -2.07. The van der Waals surface area contributed by atoms with E-state index in [2.05, 4.69) is 39.6 Å². The van der Waals surface area contributed by atoms with Gasteiger partial charge in [0.05, 0.1) is 13.2 Å². The summed E-state index contributed by atoms with van der Waals surface area (Å²) in [6, 6.07) is 14.5. The maximum Gasteiger partial charge on any atom is 0.196 e. The van der Waals surface area contributed by atoms with E-state index in [-0.39, 0.29) is 11.1 Å². The van der Waals surface area contributed by atoms with E-state index in [1.54, 1.807) is 0 Å². The molecule has 0 aliphatic heterocycles. The Hall–Kier alpha value is -2.51. The highest BCUT2D eigenvalue weighted by Crippen LogP contribution is 2.10. The molecule has 0 amide bonds. The summed E-state index contributed by atoms with van der Waals surface area (Å²) in [4.78, 5) is 8.08. The number of thiocarbonyl (C=S) groups is 1. The molecule has 0 fully saturated rings. The zero-order chi connectivity index (χ0) is 17.9. The van der Waals surface area contributed by atoms with E-state index in [0.29, 0.717) is 19.8 Å². The van der Waals surface area contributed by atoms with E-state index in [9.17, 15) is 0 Å². The van der Waals surface area contributed by atoms with Crippen molar-refractivity contribution in [2.24, 2.45) is 16.5 Å². The van der Waals surface area contributed by atoms with Gasteiger partial charge in [0.15, 0.2) is 11.1 Å². The first kappa shape index (κ1) is 18.8. The molecule has 25 heavy (non-hydrogen) atoms. The van der Waals surface area contributed by atoms with Crippen LogP contribution in [0.2, 0.25) is 0 Å². The number of rotatable bonds is 8. The third kappa shape index (κ3) is 7.73. The highest BCUT2D eigenvalue weighted by molar-refractivity contribution is 7.80. The molecule has 7 heteroatoms. The molecular formula is C18H23N5OS. The first-order valence-corrected chi connectivity index (χ1v) is 8.47. The van der Waals surface area contributed by atoms with Crippen molar-refractivity contribution in [1.82, 2.24) is 10.3 Å². The van der Waals surface area contributed by atoms with Gasteiger partial charge >= 0.3 is 0 Å². The standard InChI is InChI=1S/C18H23N5OS/c19-17(20)23-18(25)22-9-11-24-10-7-14-4-3-5-15(12-14)13-16-6-1-2-8-21-16/h1-6,8,12H,7,9-11,13H2,(H5,19,20,22,23,25). The second kappa shape index (κ2) is 10.4. The van der Waals surface area contributed by atoms with Crippen LogP contribution in [0.5, 0.6) is 0 Å². The molecule has 0 saturated carbocycles. The Labute approximate surface area is 153 Å². The Morgan fingerprint density at radius 1 is 1.12 bits per heavy atom. The molecule has 0 radical (unpaired) electrons. The number of pyridine rings is 1. The second-order valence-corrected chi connectivity index (χ2v) is 5.84. The maximum absolute atomic E-state index is 5.61. The Morgan fingerprint density at radius 2 is 1.96 bits per heavy atom. The number of aromatic nitrogens is 1. The SMILES string of the molecule is NC(N)=NC(=S)NCCOCCc1cccc(Cc2ccccn2)c1. The van der Waals surface area contributed by atoms with Crippen LogP contribution in [0.1, 0.15) is 16.8 Å². The van der Waals surface area contributed by atoms with Gasteiger partial charge in [0.2, 0.25) is 0 Å². The molecule has 1 aromatic carbocycles. The fourth-order valence-electron chi connectivity index (χ4n) is 2.29. The predicted octanol–water partition coefficient (Wildman–Crippen LogP) is 1.38. The topological polar surface area (TPSA) is 98.6 Å². The quantitative estimate of drug-likeness (QED) is 0.286. The maximum atomic E-state index is 5.61. The molecule has 0 bridgehead atoms. The minimum atomic E-state index is -0.0518. The lowest BCUT2D eigenvalue weighted by molar-refractivity contribution is 0.142. The van der Waals surface area contributed by atoms with Crippen molar-refractivity contribution in [3.8, 4) is 0 Å². The van der Waals surface area contributed by atoms with Crippen LogP contribution in [0, 0.1) is 0 Å². The number of hydrogen-bond donors (Lipinski definition) is 3.